The molecule has 1 unspecified atom stereocenters. The highest BCUT2D eigenvalue weighted by Crippen LogP contribution is 2.27. The van der Waals surface area contributed by atoms with E-state index in [1.807, 2.05) is 19.1 Å². The first-order chi connectivity index (χ1) is 8.13. The van der Waals surface area contributed by atoms with Crippen molar-refractivity contribution in [2.24, 2.45) is 11.5 Å². The topological polar surface area (TPSA) is 72.3 Å². The van der Waals surface area contributed by atoms with Gasteiger partial charge >= 0.3 is 0 Å². The van der Waals surface area contributed by atoms with Gasteiger partial charge < -0.3 is 16.4 Å². The first kappa shape index (κ1) is 11.9. The van der Waals surface area contributed by atoms with Crippen molar-refractivity contribution in [3.05, 3.63) is 29.3 Å². The summed E-state index contributed by atoms with van der Waals surface area (Å²) in [6.07, 6.45) is 1.87. The van der Waals surface area contributed by atoms with Crippen molar-refractivity contribution in [2.45, 2.75) is 32.4 Å². The zero-order chi connectivity index (χ0) is 12.4. The molecule has 2 rings (SSSR count). The normalized spacial score (nSPS) is 19.6. The maximum Gasteiger partial charge on any atom is 0.240 e. The van der Waals surface area contributed by atoms with Gasteiger partial charge in [0.2, 0.25) is 5.91 Å². The molecule has 1 fully saturated rings. The molecule has 0 aliphatic carbocycles. The molecule has 17 heavy (non-hydrogen) atoms. The predicted octanol–water partition coefficient (Wildman–Crippen LogP) is 0.908. The van der Waals surface area contributed by atoms with Crippen LogP contribution in [-0.2, 0) is 11.3 Å². The quantitative estimate of drug-likeness (QED) is 0.815. The van der Waals surface area contributed by atoms with Crippen molar-refractivity contribution in [1.29, 1.82) is 0 Å². The largest absolute Gasteiger partial charge is 0.368 e. The number of aryl methyl sites for hydroxylation is 1. The Morgan fingerprint density at radius 2 is 2.29 bits per heavy atom. The average molecular weight is 233 g/mol. The summed E-state index contributed by atoms with van der Waals surface area (Å²) in [7, 11) is 0. The minimum atomic E-state index is -0.233. The van der Waals surface area contributed by atoms with E-state index in [0.29, 0.717) is 6.54 Å². The summed E-state index contributed by atoms with van der Waals surface area (Å²) in [5.74, 6) is -0.233. The zero-order valence-electron chi connectivity index (χ0n) is 10.1. The number of primary amides is 1. The van der Waals surface area contributed by atoms with Gasteiger partial charge in [-0.15, -0.1) is 0 Å². The van der Waals surface area contributed by atoms with Gasteiger partial charge in [0, 0.05) is 18.8 Å². The number of nitrogens with zero attached hydrogens (tertiary/aromatic N) is 1. The number of hydrogen-bond donors (Lipinski definition) is 2. The van der Waals surface area contributed by atoms with E-state index in [1.165, 1.54) is 5.56 Å². The van der Waals surface area contributed by atoms with Crippen molar-refractivity contribution in [3.8, 4) is 0 Å². The van der Waals surface area contributed by atoms with Crippen LogP contribution in [0, 0.1) is 6.92 Å². The van der Waals surface area contributed by atoms with Crippen LogP contribution in [0.4, 0.5) is 5.69 Å². The Kier molecular flexibility index (Phi) is 3.33. The maximum absolute atomic E-state index is 11.4. The fraction of sp³-hybridized carbons (Fsp3) is 0.462. The maximum atomic E-state index is 11.4. The van der Waals surface area contributed by atoms with Crippen LogP contribution >= 0.6 is 0 Å². The van der Waals surface area contributed by atoms with Crippen LogP contribution < -0.4 is 16.4 Å². The molecular weight excluding hydrogens is 214 g/mol. The Morgan fingerprint density at radius 1 is 1.53 bits per heavy atom. The van der Waals surface area contributed by atoms with E-state index in [1.54, 1.807) is 0 Å². The predicted molar refractivity (Wildman–Crippen MR) is 68.6 cm³/mol. The van der Waals surface area contributed by atoms with E-state index in [9.17, 15) is 4.79 Å². The number of amides is 1. The van der Waals surface area contributed by atoms with E-state index in [4.69, 9.17) is 11.5 Å². The lowest BCUT2D eigenvalue weighted by molar-refractivity contribution is -0.119. The highest BCUT2D eigenvalue weighted by Gasteiger charge is 2.29. The molecule has 1 heterocycles. The molecule has 0 radical (unpaired) electrons. The number of benzene rings is 1. The molecular formula is C13H19N3O. The highest BCUT2D eigenvalue weighted by atomic mass is 16.1. The van der Waals surface area contributed by atoms with Crippen molar-refractivity contribution in [1.82, 2.24) is 0 Å². The van der Waals surface area contributed by atoms with Gasteiger partial charge in [-0.3, -0.25) is 4.79 Å². The number of nitrogens with two attached hydrogens (primary N) is 2. The molecule has 0 aromatic heterocycles. The fourth-order valence-corrected chi connectivity index (χ4v) is 2.46. The van der Waals surface area contributed by atoms with Gasteiger partial charge in [0.05, 0.1) is 0 Å². The molecule has 92 valence electrons. The van der Waals surface area contributed by atoms with Gasteiger partial charge in [0.25, 0.3) is 0 Å². The Balaban J connectivity index is 2.27. The summed E-state index contributed by atoms with van der Waals surface area (Å²) in [4.78, 5) is 13.4. The molecule has 0 saturated carbocycles. The lowest BCUT2D eigenvalue weighted by Gasteiger charge is -2.25. The summed E-state index contributed by atoms with van der Waals surface area (Å²) in [6, 6.07) is 5.99. The first-order valence-electron chi connectivity index (χ1n) is 5.99. The number of carbonyl (C=O) groups excluding carboxylic acids is 1. The Hall–Kier alpha value is -1.55. The number of anilines is 1. The standard InChI is InChI=1S/C13H19N3O/c1-9-7-11(5-4-10(9)8-14)16-6-2-3-12(16)13(15)17/h4-5,7,12H,2-3,6,8,14H2,1H3,(H2,15,17). The highest BCUT2D eigenvalue weighted by molar-refractivity contribution is 5.84. The number of hydrogen-bond acceptors (Lipinski definition) is 3. The van der Waals surface area contributed by atoms with Gasteiger partial charge in [0.1, 0.15) is 6.04 Å². The molecule has 0 spiro atoms. The molecule has 4 N–H and O–H groups in total. The molecule has 1 aliphatic heterocycles. The Labute approximate surface area is 102 Å². The van der Waals surface area contributed by atoms with Gasteiger partial charge in [-0.2, -0.15) is 0 Å². The molecule has 1 saturated heterocycles. The summed E-state index contributed by atoms with van der Waals surface area (Å²) in [5, 5.41) is 0. The summed E-state index contributed by atoms with van der Waals surface area (Å²) < 4.78 is 0. The molecule has 1 aromatic rings. The fourth-order valence-electron chi connectivity index (χ4n) is 2.46. The second-order valence-corrected chi connectivity index (χ2v) is 4.57. The van der Waals surface area contributed by atoms with E-state index in [2.05, 4.69) is 11.0 Å². The van der Waals surface area contributed by atoms with Crippen LogP contribution in [0.3, 0.4) is 0 Å². The van der Waals surface area contributed by atoms with Crippen LogP contribution in [0.2, 0.25) is 0 Å². The van der Waals surface area contributed by atoms with Crippen LogP contribution in [0.25, 0.3) is 0 Å². The second kappa shape index (κ2) is 4.75. The first-order valence-corrected chi connectivity index (χ1v) is 5.99. The van der Waals surface area contributed by atoms with Crippen LogP contribution in [0.5, 0.6) is 0 Å². The Bertz CT molecular complexity index is 431. The summed E-state index contributed by atoms with van der Waals surface area (Å²) in [6.45, 7) is 3.49. The third-order valence-corrected chi connectivity index (χ3v) is 3.46. The summed E-state index contributed by atoms with van der Waals surface area (Å²) in [5.41, 5.74) is 14.4. The van der Waals surface area contributed by atoms with Gasteiger partial charge in [-0.05, 0) is 43.0 Å². The van der Waals surface area contributed by atoms with Gasteiger partial charge in [0.15, 0.2) is 0 Å². The molecule has 1 atom stereocenters. The van der Waals surface area contributed by atoms with Crippen LogP contribution in [0.15, 0.2) is 18.2 Å². The average Bonchev–Trinajstić information content (AvgIpc) is 2.77. The van der Waals surface area contributed by atoms with Crippen molar-refractivity contribution < 1.29 is 4.79 Å². The number of rotatable bonds is 3. The van der Waals surface area contributed by atoms with Crippen molar-refractivity contribution in [2.75, 3.05) is 11.4 Å². The van der Waals surface area contributed by atoms with Crippen LogP contribution in [-0.4, -0.2) is 18.5 Å². The van der Waals surface area contributed by atoms with Gasteiger partial charge in [-0.1, -0.05) is 6.07 Å². The van der Waals surface area contributed by atoms with E-state index in [0.717, 1.165) is 30.6 Å². The lowest BCUT2D eigenvalue weighted by Crippen LogP contribution is -2.40. The minimum Gasteiger partial charge on any atom is -0.368 e. The Morgan fingerprint density at radius 3 is 2.88 bits per heavy atom. The molecule has 4 nitrogen and oxygen atoms in total. The SMILES string of the molecule is Cc1cc(N2CCCC2C(N)=O)ccc1CN. The molecule has 1 aliphatic rings. The monoisotopic (exact) mass is 233 g/mol. The molecule has 4 heteroatoms. The summed E-state index contributed by atoms with van der Waals surface area (Å²) >= 11 is 0. The van der Waals surface area contributed by atoms with E-state index in [-0.39, 0.29) is 11.9 Å². The van der Waals surface area contributed by atoms with Crippen molar-refractivity contribution >= 4 is 11.6 Å². The van der Waals surface area contributed by atoms with E-state index < -0.39 is 0 Å². The zero-order valence-corrected chi connectivity index (χ0v) is 10.1. The molecule has 0 bridgehead atoms. The minimum absolute atomic E-state index is 0.155. The van der Waals surface area contributed by atoms with E-state index >= 15 is 0 Å². The van der Waals surface area contributed by atoms with Gasteiger partial charge in [-0.25, -0.2) is 0 Å². The third-order valence-electron chi connectivity index (χ3n) is 3.46. The molecule has 1 amide bonds. The molecule has 1 aromatic carbocycles. The number of carbonyl (C=O) groups is 1. The van der Waals surface area contributed by atoms with Crippen molar-refractivity contribution in [3.63, 3.8) is 0 Å². The smallest absolute Gasteiger partial charge is 0.240 e. The second-order valence-electron chi connectivity index (χ2n) is 4.57. The third kappa shape index (κ3) is 2.26. The van der Waals surface area contributed by atoms with Crippen LogP contribution in [0.1, 0.15) is 24.0 Å². The lowest BCUT2D eigenvalue weighted by atomic mass is 10.1.